The first-order chi connectivity index (χ1) is 5.68. The third-order valence-electron chi connectivity index (χ3n) is 2.24. The van der Waals surface area contributed by atoms with Gasteiger partial charge >= 0.3 is 0 Å². The summed E-state index contributed by atoms with van der Waals surface area (Å²) in [6.45, 7) is 2.12. The Morgan fingerprint density at radius 2 is 2.08 bits per heavy atom. The van der Waals surface area contributed by atoms with Gasteiger partial charge in [-0.1, -0.05) is 6.07 Å². The van der Waals surface area contributed by atoms with E-state index in [9.17, 15) is 0 Å². The second kappa shape index (κ2) is 2.34. The molecule has 0 aliphatic rings. The molecule has 2 aromatic rings. The summed E-state index contributed by atoms with van der Waals surface area (Å²) in [6.07, 6.45) is 2.09. The molecule has 0 fully saturated rings. The number of hydrogen-bond donors (Lipinski definition) is 0. The Bertz CT molecular complexity index is 427. The Labute approximate surface area is 72.1 Å². The average molecular weight is 161 g/mol. The van der Waals surface area contributed by atoms with Crippen LogP contribution in [0, 0.1) is 6.92 Å². The second-order valence-electron chi connectivity index (χ2n) is 3.33. The minimum Gasteiger partial charge on any atom is -0.233 e. The van der Waals surface area contributed by atoms with Crippen LogP contribution in [0.3, 0.4) is 0 Å². The molecule has 2 rings (SSSR count). The van der Waals surface area contributed by atoms with Crippen LogP contribution in [0.15, 0.2) is 24.5 Å². The molecule has 0 saturated carbocycles. The molecule has 0 aliphatic carbocycles. The van der Waals surface area contributed by atoms with Gasteiger partial charge in [-0.05, 0) is 24.6 Å². The predicted octanol–water partition coefficient (Wildman–Crippen LogP) is 1.31. The maximum atomic E-state index is 2.20. The van der Waals surface area contributed by atoms with Gasteiger partial charge in [0.25, 0.3) is 0 Å². The molecule has 0 bridgehead atoms. The number of nitrogens with zero attached hydrogens (tertiary/aromatic N) is 2. The van der Waals surface area contributed by atoms with E-state index in [4.69, 9.17) is 0 Å². The number of imidazole rings is 1. The quantitative estimate of drug-likeness (QED) is 0.515. The molecular formula is C10H13N2+. The summed E-state index contributed by atoms with van der Waals surface area (Å²) in [5.41, 5.74) is 3.88. The van der Waals surface area contributed by atoms with Gasteiger partial charge in [-0.15, -0.1) is 0 Å². The highest BCUT2D eigenvalue weighted by Crippen LogP contribution is 2.10. The molecule has 2 nitrogen and oxygen atoms in total. The molecule has 0 saturated heterocycles. The third-order valence-corrected chi connectivity index (χ3v) is 2.24. The van der Waals surface area contributed by atoms with E-state index in [1.54, 1.807) is 0 Å². The van der Waals surface area contributed by atoms with Crippen LogP contribution in [0.5, 0.6) is 0 Å². The van der Waals surface area contributed by atoms with Crippen molar-refractivity contribution in [1.82, 2.24) is 4.57 Å². The zero-order chi connectivity index (χ0) is 8.72. The number of hydrogen-bond acceptors (Lipinski definition) is 0. The van der Waals surface area contributed by atoms with Crippen molar-refractivity contribution in [2.45, 2.75) is 6.92 Å². The topological polar surface area (TPSA) is 8.81 Å². The zero-order valence-corrected chi connectivity index (χ0v) is 7.70. The van der Waals surface area contributed by atoms with Crippen LogP contribution in [0.25, 0.3) is 11.0 Å². The van der Waals surface area contributed by atoms with Crippen LogP contribution < -0.4 is 4.57 Å². The molecule has 0 atom stereocenters. The van der Waals surface area contributed by atoms with Crippen molar-refractivity contribution in [1.29, 1.82) is 0 Å². The first-order valence-corrected chi connectivity index (χ1v) is 4.10. The lowest BCUT2D eigenvalue weighted by atomic mass is 10.2. The van der Waals surface area contributed by atoms with Crippen LogP contribution in [0.1, 0.15) is 5.56 Å². The van der Waals surface area contributed by atoms with Gasteiger partial charge in [0.1, 0.15) is 0 Å². The van der Waals surface area contributed by atoms with Crippen molar-refractivity contribution in [3.05, 3.63) is 30.1 Å². The molecular weight excluding hydrogens is 148 g/mol. The first-order valence-electron chi connectivity index (χ1n) is 4.10. The van der Waals surface area contributed by atoms with Crippen LogP contribution >= 0.6 is 0 Å². The van der Waals surface area contributed by atoms with Crippen molar-refractivity contribution >= 4 is 11.0 Å². The highest BCUT2D eigenvalue weighted by Gasteiger charge is 2.08. The van der Waals surface area contributed by atoms with Gasteiger partial charge in [-0.25, -0.2) is 9.13 Å². The molecule has 0 amide bonds. The van der Waals surface area contributed by atoms with Crippen molar-refractivity contribution < 1.29 is 4.57 Å². The molecule has 1 aromatic carbocycles. The number of aromatic nitrogens is 2. The molecule has 0 unspecified atom stereocenters. The fraction of sp³-hybridized carbons (Fsp3) is 0.300. The molecule has 0 spiro atoms. The zero-order valence-electron chi connectivity index (χ0n) is 7.70. The SMILES string of the molecule is Cc1ccc2c(c1)[n+](C)cn2C. The summed E-state index contributed by atoms with van der Waals surface area (Å²) in [6, 6.07) is 6.50. The second-order valence-corrected chi connectivity index (χ2v) is 3.33. The van der Waals surface area contributed by atoms with Crippen LogP contribution in [0.2, 0.25) is 0 Å². The van der Waals surface area contributed by atoms with Gasteiger partial charge in [-0.3, -0.25) is 0 Å². The lowest BCUT2D eigenvalue weighted by molar-refractivity contribution is -0.645. The maximum Gasteiger partial charge on any atom is 0.244 e. The first kappa shape index (κ1) is 7.35. The van der Waals surface area contributed by atoms with Crippen molar-refractivity contribution in [2.24, 2.45) is 14.1 Å². The molecule has 0 N–H and O–H groups in total. The Morgan fingerprint density at radius 3 is 2.83 bits per heavy atom. The summed E-state index contributed by atoms with van der Waals surface area (Å²) in [7, 11) is 4.14. The summed E-state index contributed by atoms with van der Waals surface area (Å²) in [4.78, 5) is 0. The molecule has 2 heteroatoms. The highest BCUT2D eigenvalue weighted by atomic mass is 15.1. The standard InChI is InChI=1S/C10H13N2/c1-8-4-5-9-10(6-8)12(3)7-11(9)2/h4-7H,1-3H3/q+1. The fourth-order valence-electron chi connectivity index (χ4n) is 1.60. The maximum absolute atomic E-state index is 2.20. The van der Waals surface area contributed by atoms with Gasteiger partial charge in [0.05, 0.1) is 14.1 Å². The number of rotatable bonds is 0. The van der Waals surface area contributed by atoms with E-state index >= 15 is 0 Å². The highest BCUT2D eigenvalue weighted by molar-refractivity contribution is 5.72. The normalized spacial score (nSPS) is 10.9. The summed E-state index contributed by atoms with van der Waals surface area (Å²) in [5.74, 6) is 0. The Hall–Kier alpha value is -1.31. The molecule has 1 aromatic heterocycles. The van der Waals surface area contributed by atoms with E-state index in [-0.39, 0.29) is 0 Å². The fourth-order valence-corrected chi connectivity index (χ4v) is 1.60. The van der Waals surface area contributed by atoms with Crippen molar-refractivity contribution in [3.8, 4) is 0 Å². The monoisotopic (exact) mass is 161 g/mol. The van der Waals surface area contributed by atoms with Gasteiger partial charge in [0.15, 0.2) is 11.0 Å². The average Bonchev–Trinajstić information content (AvgIpc) is 2.28. The Kier molecular flexibility index (Phi) is 1.43. The molecule has 1 heterocycles. The lowest BCUT2D eigenvalue weighted by Gasteiger charge is -1.90. The van der Waals surface area contributed by atoms with Crippen LogP contribution in [0.4, 0.5) is 0 Å². The summed E-state index contributed by atoms with van der Waals surface area (Å²) in [5, 5.41) is 0. The minimum atomic E-state index is 1.28. The lowest BCUT2D eigenvalue weighted by Crippen LogP contribution is -2.25. The predicted molar refractivity (Wildman–Crippen MR) is 48.8 cm³/mol. The summed E-state index contributed by atoms with van der Waals surface area (Å²) < 4.78 is 4.27. The number of benzene rings is 1. The van der Waals surface area contributed by atoms with E-state index in [2.05, 4.69) is 54.7 Å². The third kappa shape index (κ3) is 0.916. The van der Waals surface area contributed by atoms with Gasteiger partial charge < -0.3 is 0 Å². The van der Waals surface area contributed by atoms with Crippen molar-refractivity contribution in [3.63, 3.8) is 0 Å². The molecule has 12 heavy (non-hydrogen) atoms. The Morgan fingerprint density at radius 1 is 1.33 bits per heavy atom. The molecule has 0 radical (unpaired) electrons. The van der Waals surface area contributed by atoms with Crippen LogP contribution in [-0.4, -0.2) is 4.57 Å². The Balaban J connectivity index is 2.90. The van der Waals surface area contributed by atoms with E-state index in [0.29, 0.717) is 0 Å². The van der Waals surface area contributed by atoms with Crippen LogP contribution in [-0.2, 0) is 14.1 Å². The van der Waals surface area contributed by atoms with E-state index in [1.807, 2.05) is 0 Å². The van der Waals surface area contributed by atoms with E-state index in [1.165, 1.54) is 16.6 Å². The van der Waals surface area contributed by atoms with E-state index < -0.39 is 0 Å². The number of aryl methyl sites for hydroxylation is 3. The minimum absolute atomic E-state index is 1.28. The molecule has 62 valence electrons. The van der Waals surface area contributed by atoms with Crippen molar-refractivity contribution in [2.75, 3.05) is 0 Å². The largest absolute Gasteiger partial charge is 0.244 e. The van der Waals surface area contributed by atoms with Gasteiger partial charge in [0.2, 0.25) is 6.33 Å². The molecule has 0 aliphatic heterocycles. The van der Waals surface area contributed by atoms with Gasteiger partial charge in [-0.2, -0.15) is 0 Å². The van der Waals surface area contributed by atoms with E-state index in [0.717, 1.165) is 0 Å². The number of fused-ring (bicyclic) bond motifs is 1. The smallest absolute Gasteiger partial charge is 0.233 e. The van der Waals surface area contributed by atoms with Gasteiger partial charge in [0, 0.05) is 0 Å². The summed E-state index contributed by atoms with van der Waals surface area (Å²) >= 11 is 0.